The van der Waals surface area contributed by atoms with Crippen LogP contribution in [-0.4, -0.2) is 56.2 Å². The first-order chi connectivity index (χ1) is 9.97. The molecule has 0 aromatic heterocycles. The van der Waals surface area contributed by atoms with Crippen LogP contribution in [0.3, 0.4) is 0 Å². The average molecular weight is 308 g/mol. The average Bonchev–Trinajstić information content (AvgIpc) is 2.42. The second-order valence-electron chi connectivity index (χ2n) is 5.82. The first-order valence-electron chi connectivity index (χ1n) is 7.36. The van der Waals surface area contributed by atoms with Crippen molar-refractivity contribution in [2.45, 2.75) is 19.5 Å². The van der Waals surface area contributed by atoms with Crippen molar-refractivity contribution in [2.24, 2.45) is 0 Å². The van der Waals surface area contributed by atoms with E-state index in [1.54, 1.807) is 0 Å². The predicted molar refractivity (Wildman–Crippen MR) is 94.4 cm³/mol. The lowest BCUT2D eigenvalue weighted by atomic mass is 10.1. The lowest BCUT2D eigenvalue weighted by molar-refractivity contribution is 0.400. The Morgan fingerprint density at radius 2 is 1.57 bits per heavy atom. The van der Waals surface area contributed by atoms with Crippen LogP contribution in [0.5, 0.6) is 0 Å². The van der Waals surface area contributed by atoms with Gasteiger partial charge in [-0.25, -0.2) is 0 Å². The van der Waals surface area contributed by atoms with Gasteiger partial charge in [0.25, 0.3) is 0 Å². The van der Waals surface area contributed by atoms with Gasteiger partial charge in [0, 0.05) is 19.6 Å². The molecule has 0 saturated carbocycles. The number of hydrogen-bond acceptors (Lipinski definition) is 3. The molecule has 0 atom stereocenters. The van der Waals surface area contributed by atoms with E-state index in [9.17, 15) is 0 Å². The summed E-state index contributed by atoms with van der Waals surface area (Å²) >= 11 is 5.27. The van der Waals surface area contributed by atoms with Crippen molar-refractivity contribution in [2.75, 3.05) is 41.3 Å². The fourth-order valence-electron chi connectivity index (χ4n) is 1.97. The SMILES string of the molecule is CN(C)CCCNC(=S)NCc1ccc(CN(C)C)cc1. The molecule has 0 bridgehead atoms. The van der Waals surface area contributed by atoms with E-state index in [0.717, 1.165) is 37.7 Å². The summed E-state index contributed by atoms with van der Waals surface area (Å²) in [4.78, 5) is 4.34. The second-order valence-corrected chi connectivity index (χ2v) is 6.23. The minimum atomic E-state index is 0.728. The van der Waals surface area contributed by atoms with Gasteiger partial charge in [-0.2, -0.15) is 0 Å². The van der Waals surface area contributed by atoms with Crippen molar-refractivity contribution >= 4 is 17.3 Å². The smallest absolute Gasteiger partial charge is 0.166 e. The van der Waals surface area contributed by atoms with Crippen molar-refractivity contribution in [1.29, 1.82) is 0 Å². The lowest BCUT2D eigenvalue weighted by Gasteiger charge is -2.13. The van der Waals surface area contributed by atoms with E-state index in [2.05, 4.69) is 72.9 Å². The summed E-state index contributed by atoms with van der Waals surface area (Å²) in [5.74, 6) is 0. The first-order valence-corrected chi connectivity index (χ1v) is 7.77. The molecular weight excluding hydrogens is 280 g/mol. The van der Waals surface area contributed by atoms with Crippen LogP contribution in [-0.2, 0) is 13.1 Å². The van der Waals surface area contributed by atoms with Gasteiger partial charge in [0.05, 0.1) is 0 Å². The summed E-state index contributed by atoms with van der Waals surface area (Å²) in [5, 5.41) is 7.20. The first kappa shape index (κ1) is 17.9. The van der Waals surface area contributed by atoms with Crippen LogP contribution in [0.25, 0.3) is 0 Å². The van der Waals surface area contributed by atoms with Gasteiger partial charge in [0.15, 0.2) is 5.11 Å². The molecule has 5 heteroatoms. The van der Waals surface area contributed by atoms with Gasteiger partial charge in [0.2, 0.25) is 0 Å². The van der Waals surface area contributed by atoms with Crippen molar-refractivity contribution in [3.8, 4) is 0 Å². The third kappa shape index (κ3) is 8.65. The largest absolute Gasteiger partial charge is 0.363 e. The van der Waals surface area contributed by atoms with Crippen molar-refractivity contribution in [1.82, 2.24) is 20.4 Å². The van der Waals surface area contributed by atoms with Gasteiger partial charge < -0.3 is 20.4 Å². The Morgan fingerprint density at radius 3 is 2.14 bits per heavy atom. The summed E-state index contributed by atoms with van der Waals surface area (Å²) in [6.07, 6.45) is 1.09. The summed E-state index contributed by atoms with van der Waals surface area (Å²) in [6.45, 7) is 3.72. The van der Waals surface area contributed by atoms with E-state index in [1.807, 2.05) is 0 Å². The van der Waals surface area contributed by atoms with Crippen LogP contribution >= 0.6 is 12.2 Å². The van der Waals surface area contributed by atoms with Gasteiger partial charge in [-0.1, -0.05) is 24.3 Å². The Kier molecular flexibility index (Phi) is 8.27. The molecule has 4 nitrogen and oxygen atoms in total. The normalized spacial score (nSPS) is 11.0. The summed E-state index contributed by atoms with van der Waals surface area (Å²) in [7, 11) is 8.32. The third-order valence-corrected chi connectivity index (χ3v) is 3.33. The standard InChI is InChI=1S/C16H28N4S/c1-19(2)11-5-10-17-16(21)18-12-14-6-8-15(9-7-14)13-20(3)4/h6-9H,5,10-13H2,1-4H3,(H2,17,18,21). The maximum atomic E-state index is 5.27. The molecule has 0 saturated heterocycles. The van der Waals surface area contributed by atoms with E-state index < -0.39 is 0 Å². The topological polar surface area (TPSA) is 30.5 Å². The maximum absolute atomic E-state index is 5.27. The third-order valence-electron chi connectivity index (χ3n) is 3.04. The Morgan fingerprint density at radius 1 is 0.952 bits per heavy atom. The molecule has 1 aromatic rings. The van der Waals surface area contributed by atoms with Gasteiger partial charge in [-0.05, 0) is 64.5 Å². The monoisotopic (exact) mass is 308 g/mol. The predicted octanol–water partition coefficient (Wildman–Crippen LogP) is 1.66. The Bertz CT molecular complexity index is 415. The molecule has 0 amide bonds. The molecule has 0 aliphatic carbocycles. The fourth-order valence-corrected chi connectivity index (χ4v) is 2.14. The second kappa shape index (κ2) is 9.71. The zero-order valence-corrected chi connectivity index (χ0v) is 14.5. The van der Waals surface area contributed by atoms with Crippen LogP contribution < -0.4 is 10.6 Å². The summed E-state index contributed by atoms with van der Waals surface area (Å²) < 4.78 is 0. The highest BCUT2D eigenvalue weighted by molar-refractivity contribution is 7.80. The highest BCUT2D eigenvalue weighted by Crippen LogP contribution is 2.05. The minimum Gasteiger partial charge on any atom is -0.363 e. The van der Waals surface area contributed by atoms with E-state index in [1.165, 1.54) is 11.1 Å². The summed E-state index contributed by atoms with van der Waals surface area (Å²) in [6, 6.07) is 8.65. The molecule has 21 heavy (non-hydrogen) atoms. The van der Waals surface area contributed by atoms with Crippen molar-refractivity contribution < 1.29 is 0 Å². The molecule has 0 aliphatic heterocycles. The Labute approximate surface area is 134 Å². The number of nitrogens with one attached hydrogen (secondary N) is 2. The van der Waals surface area contributed by atoms with Gasteiger partial charge in [-0.3, -0.25) is 0 Å². The molecule has 1 rings (SSSR count). The highest BCUT2D eigenvalue weighted by Gasteiger charge is 1.99. The number of thiocarbonyl (C=S) groups is 1. The number of hydrogen-bond donors (Lipinski definition) is 2. The zero-order valence-electron chi connectivity index (χ0n) is 13.6. The van der Waals surface area contributed by atoms with Crippen LogP contribution in [0.1, 0.15) is 17.5 Å². The molecule has 1 aromatic carbocycles. The van der Waals surface area contributed by atoms with Crippen molar-refractivity contribution in [3.63, 3.8) is 0 Å². The number of benzene rings is 1. The molecule has 0 unspecified atom stereocenters. The van der Waals surface area contributed by atoms with E-state index in [-0.39, 0.29) is 0 Å². The van der Waals surface area contributed by atoms with E-state index >= 15 is 0 Å². The molecule has 0 fully saturated rings. The van der Waals surface area contributed by atoms with Gasteiger partial charge in [-0.15, -0.1) is 0 Å². The summed E-state index contributed by atoms with van der Waals surface area (Å²) in [5.41, 5.74) is 2.57. The minimum absolute atomic E-state index is 0.728. The molecule has 0 aliphatic rings. The van der Waals surface area contributed by atoms with Crippen LogP contribution in [0.4, 0.5) is 0 Å². The molecule has 0 radical (unpaired) electrons. The molecular formula is C16H28N4S. The van der Waals surface area contributed by atoms with Crippen molar-refractivity contribution in [3.05, 3.63) is 35.4 Å². The van der Waals surface area contributed by atoms with Crippen LogP contribution in [0, 0.1) is 0 Å². The van der Waals surface area contributed by atoms with E-state index in [4.69, 9.17) is 12.2 Å². The maximum Gasteiger partial charge on any atom is 0.166 e. The Hall–Kier alpha value is -1.17. The highest BCUT2D eigenvalue weighted by atomic mass is 32.1. The van der Waals surface area contributed by atoms with Crippen LogP contribution in [0.15, 0.2) is 24.3 Å². The van der Waals surface area contributed by atoms with Gasteiger partial charge >= 0.3 is 0 Å². The number of rotatable bonds is 8. The molecule has 0 spiro atoms. The quantitative estimate of drug-likeness (QED) is 0.563. The van der Waals surface area contributed by atoms with Gasteiger partial charge in [0.1, 0.15) is 0 Å². The Balaban J connectivity index is 2.23. The van der Waals surface area contributed by atoms with Crippen LogP contribution in [0.2, 0.25) is 0 Å². The molecule has 118 valence electrons. The number of nitrogens with zero attached hydrogens (tertiary/aromatic N) is 2. The fraction of sp³-hybridized carbons (Fsp3) is 0.562. The molecule has 2 N–H and O–H groups in total. The zero-order chi connectivity index (χ0) is 15.7. The van der Waals surface area contributed by atoms with E-state index in [0.29, 0.717) is 0 Å². The lowest BCUT2D eigenvalue weighted by Crippen LogP contribution is -2.36. The molecule has 0 heterocycles.